The number of hydrogen-bond donors (Lipinski definition) is 1. The van der Waals surface area contributed by atoms with Crippen LogP contribution in [-0.2, 0) is 6.42 Å². The molecule has 0 unspecified atom stereocenters. The van der Waals surface area contributed by atoms with Gasteiger partial charge in [0.2, 0.25) is 0 Å². The van der Waals surface area contributed by atoms with E-state index < -0.39 is 0 Å². The standard InChI is InChI=1S/C16H17NO/c17-16-8-4-5-12-9-10-14(11-15(12)16)18-13-6-2-1-3-7-13/h1-3,6-7,9-11,16H,4-5,8,17H2/t16-/m1/s1. The van der Waals surface area contributed by atoms with Crippen LogP contribution in [0.4, 0.5) is 0 Å². The van der Waals surface area contributed by atoms with Gasteiger partial charge in [-0.25, -0.2) is 0 Å². The van der Waals surface area contributed by atoms with E-state index in [1.54, 1.807) is 0 Å². The number of fused-ring (bicyclic) bond motifs is 1. The average molecular weight is 239 g/mol. The summed E-state index contributed by atoms with van der Waals surface area (Å²) in [5.74, 6) is 1.74. The van der Waals surface area contributed by atoms with Crippen LogP contribution in [0, 0.1) is 0 Å². The molecule has 2 aromatic rings. The van der Waals surface area contributed by atoms with Gasteiger partial charge in [0.15, 0.2) is 0 Å². The van der Waals surface area contributed by atoms with Gasteiger partial charge in [0.1, 0.15) is 11.5 Å². The van der Waals surface area contributed by atoms with E-state index in [2.05, 4.69) is 12.1 Å². The van der Waals surface area contributed by atoms with E-state index in [9.17, 15) is 0 Å². The van der Waals surface area contributed by atoms with Crippen LogP contribution in [0.2, 0.25) is 0 Å². The zero-order valence-corrected chi connectivity index (χ0v) is 10.3. The molecule has 18 heavy (non-hydrogen) atoms. The summed E-state index contributed by atoms with van der Waals surface area (Å²) < 4.78 is 5.84. The summed E-state index contributed by atoms with van der Waals surface area (Å²) in [6.45, 7) is 0. The average Bonchev–Trinajstić information content (AvgIpc) is 2.41. The van der Waals surface area contributed by atoms with Crippen molar-refractivity contribution in [2.75, 3.05) is 0 Å². The van der Waals surface area contributed by atoms with Crippen LogP contribution >= 0.6 is 0 Å². The second-order valence-corrected chi connectivity index (χ2v) is 4.77. The first kappa shape index (κ1) is 11.3. The highest BCUT2D eigenvalue weighted by atomic mass is 16.5. The van der Waals surface area contributed by atoms with Crippen molar-refractivity contribution >= 4 is 0 Å². The van der Waals surface area contributed by atoms with Gasteiger partial charge in [-0.2, -0.15) is 0 Å². The van der Waals surface area contributed by atoms with Gasteiger partial charge in [-0.05, 0) is 54.7 Å². The molecular formula is C16H17NO. The van der Waals surface area contributed by atoms with Gasteiger partial charge in [0.25, 0.3) is 0 Å². The van der Waals surface area contributed by atoms with Gasteiger partial charge in [-0.15, -0.1) is 0 Å². The number of para-hydroxylation sites is 1. The van der Waals surface area contributed by atoms with Crippen molar-refractivity contribution in [1.82, 2.24) is 0 Å². The minimum Gasteiger partial charge on any atom is -0.457 e. The van der Waals surface area contributed by atoms with Gasteiger partial charge >= 0.3 is 0 Å². The molecule has 1 atom stereocenters. The first-order valence-electron chi connectivity index (χ1n) is 6.44. The summed E-state index contributed by atoms with van der Waals surface area (Å²) in [7, 11) is 0. The fraction of sp³-hybridized carbons (Fsp3) is 0.250. The Morgan fingerprint density at radius 2 is 1.83 bits per heavy atom. The maximum atomic E-state index is 6.15. The number of ether oxygens (including phenoxy) is 1. The summed E-state index contributed by atoms with van der Waals surface area (Å²) in [6, 6.07) is 16.3. The molecule has 0 aromatic heterocycles. The molecule has 2 nitrogen and oxygen atoms in total. The summed E-state index contributed by atoms with van der Waals surface area (Å²) in [5, 5.41) is 0. The number of hydrogen-bond acceptors (Lipinski definition) is 2. The lowest BCUT2D eigenvalue weighted by Crippen LogP contribution is -2.17. The maximum Gasteiger partial charge on any atom is 0.127 e. The molecular weight excluding hydrogens is 222 g/mol. The Balaban J connectivity index is 1.88. The Kier molecular flexibility index (Phi) is 3.03. The monoisotopic (exact) mass is 239 g/mol. The Hall–Kier alpha value is -1.80. The van der Waals surface area contributed by atoms with Crippen LogP contribution in [0.3, 0.4) is 0 Å². The van der Waals surface area contributed by atoms with Crippen molar-refractivity contribution in [3.8, 4) is 11.5 Å². The molecule has 2 N–H and O–H groups in total. The van der Waals surface area contributed by atoms with Crippen molar-refractivity contribution in [3.05, 3.63) is 59.7 Å². The first-order valence-corrected chi connectivity index (χ1v) is 6.44. The van der Waals surface area contributed by atoms with Crippen LogP contribution in [0.25, 0.3) is 0 Å². The summed E-state index contributed by atoms with van der Waals surface area (Å²) in [4.78, 5) is 0. The quantitative estimate of drug-likeness (QED) is 0.864. The van der Waals surface area contributed by atoms with E-state index in [4.69, 9.17) is 10.5 Å². The summed E-state index contributed by atoms with van der Waals surface area (Å²) in [6.07, 6.45) is 3.39. The van der Waals surface area contributed by atoms with Crippen molar-refractivity contribution in [2.24, 2.45) is 5.73 Å². The molecule has 0 radical (unpaired) electrons. The fourth-order valence-electron chi connectivity index (χ4n) is 2.50. The predicted octanol–water partition coefficient (Wildman–Crippen LogP) is 3.82. The molecule has 0 saturated heterocycles. The number of nitrogens with two attached hydrogens (primary N) is 1. The molecule has 0 saturated carbocycles. The highest BCUT2D eigenvalue weighted by molar-refractivity contribution is 5.41. The second kappa shape index (κ2) is 4.83. The zero-order valence-electron chi connectivity index (χ0n) is 10.3. The smallest absolute Gasteiger partial charge is 0.127 e. The molecule has 0 bridgehead atoms. The molecule has 0 aliphatic heterocycles. The van der Waals surface area contributed by atoms with Gasteiger partial charge < -0.3 is 10.5 Å². The molecule has 2 heteroatoms. The summed E-state index contributed by atoms with van der Waals surface area (Å²) >= 11 is 0. The highest BCUT2D eigenvalue weighted by Crippen LogP contribution is 2.32. The maximum absolute atomic E-state index is 6.15. The molecule has 0 spiro atoms. The van der Waals surface area contributed by atoms with Crippen LogP contribution in [0.15, 0.2) is 48.5 Å². The molecule has 0 amide bonds. The van der Waals surface area contributed by atoms with E-state index in [1.165, 1.54) is 17.5 Å². The van der Waals surface area contributed by atoms with E-state index in [0.29, 0.717) is 0 Å². The lowest BCUT2D eigenvalue weighted by Gasteiger charge is -2.22. The third-order valence-electron chi connectivity index (χ3n) is 3.46. The molecule has 3 rings (SSSR count). The Labute approximate surface area is 107 Å². The third kappa shape index (κ3) is 2.24. The van der Waals surface area contributed by atoms with Crippen molar-refractivity contribution in [2.45, 2.75) is 25.3 Å². The Morgan fingerprint density at radius 1 is 1.00 bits per heavy atom. The normalized spacial score (nSPS) is 18.2. The van der Waals surface area contributed by atoms with Gasteiger partial charge in [-0.3, -0.25) is 0 Å². The molecule has 0 fully saturated rings. The topological polar surface area (TPSA) is 35.2 Å². The van der Waals surface area contributed by atoms with Crippen molar-refractivity contribution in [3.63, 3.8) is 0 Å². The van der Waals surface area contributed by atoms with Crippen molar-refractivity contribution in [1.29, 1.82) is 0 Å². The van der Waals surface area contributed by atoms with Crippen LogP contribution in [0.5, 0.6) is 11.5 Å². The SMILES string of the molecule is N[C@@H]1CCCc2ccc(Oc3ccccc3)cc21. The van der Waals surface area contributed by atoms with Crippen LogP contribution in [0.1, 0.15) is 30.0 Å². The lowest BCUT2D eigenvalue weighted by atomic mass is 9.88. The molecule has 2 aromatic carbocycles. The van der Waals surface area contributed by atoms with Gasteiger partial charge in [-0.1, -0.05) is 24.3 Å². The third-order valence-corrected chi connectivity index (χ3v) is 3.46. The van der Waals surface area contributed by atoms with Crippen LogP contribution < -0.4 is 10.5 Å². The predicted molar refractivity (Wildman–Crippen MR) is 72.8 cm³/mol. The zero-order chi connectivity index (χ0) is 12.4. The van der Waals surface area contributed by atoms with E-state index in [1.807, 2.05) is 36.4 Å². The van der Waals surface area contributed by atoms with Crippen LogP contribution in [-0.4, -0.2) is 0 Å². The fourth-order valence-corrected chi connectivity index (χ4v) is 2.50. The lowest BCUT2D eigenvalue weighted by molar-refractivity contribution is 0.478. The minimum absolute atomic E-state index is 0.160. The van der Waals surface area contributed by atoms with Crippen molar-refractivity contribution < 1.29 is 4.74 Å². The number of benzene rings is 2. The second-order valence-electron chi connectivity index (χ2n) is 4.77. The molecule has 0 heterocycles. The van der Waals surface area contributed by atoms with E-state index in [0.717, 1.165) is 24.3 Å². The van der Waals surface area contributed by atoms with E-state index >= 15 is 0 Å². The first-order chi connectivity index (χ1) is 8.83. The Morgan fingerprint density at radius 3 is 2.67 bits per heavy atom. The summed E-state index contributed by atoms with van der Waals surface area (Å²) in [5.41, 5.74) is 8.77. The van der Waals surface area contributed by atoms with Gasteiger partial charge in [0.05, 0.1) is 0 Å². The molecule has 1 aliphatic rings. The molecule has 92 valence electrons. The minimum atomic E-state index is 0.160. The van der Waals surface area contributed by atoms with E-state index in [-0.39, 0.29) is 6.04 Å². The largest absolute Gasteiger partial charge is 0.457 e. The van der Waals surface area contributed by atoms with Gasteiger partial charge in [0, 0.05) is 6.04 Å². The Bertz CT molecular complexity index is 536. The molecule has 1 aliphatic carbocycles. The number of rotatable bonds is 2. The highest BCUT2D eigenvalue weighted by Gasteiger charge is 2.17. The number of aryl methyl sites for hydroxylation is 1.